The van der Waals surface area contributed by atoms with Crippen molar-refractivity contribution in [3.05, 3.63) is 58.6 Å². The maximum absolute atomic E-state index is 7.43. The van der Waals surface area contributed by atoms with E-state index in [1.165, 1.54) is 11.5 Å². The highest BCUT2D eigenvalue weighted by molar-refractivity contribution is 5.94. The Morgan fingerprint density at radius 3 is 2.91 bits per heavy atom. The first-order chi connectivity index (χ1) is 10.7. The molecule has 0 atom stereocenters. The number of hydrogen-bond donors (Lipinski definition) is 2. The zero-order valence-electron chi connectivity index (χ0n) is 13.2. The van der Waals surface area contributed by atoms with Gasteiger partial charge in [-0.05, 0) is 36.8 Å². The molecule has 0 aliphatic rings. The smallest absolute Gasteiger partial charge is 0.126 e. The molecule has 2 rings (SSSR count). The summed E-state index contributed by atoms with van der Waals surface area (Å²) in [4.78, 5) is 0. The molecule has 0 unspecified atom stereocenters. The van der Waals surface area contributed by atoms with Gasteiger partial charge in [0.2, 0.25) is 0 Å². The second-order valence-corrected chi connectivity index (χ2v) is 5.17. The van der Waals surface area contributed by atoms with E-state index in [2.05, 4.69) is 41.9 Å². The van der Waals surface area contributed by atoms with Crippen molar-refractivity contribution in [2.45, 2.75) is 33.2 Å². The highest BCUT2D eigenvalue weighted by atomic mass is 16.3. The molecule has 2 aromatic heterocycles. The summed E-state index contributed by atoms with van der Waals surface area (Å²) in [6.45, 7) is 4.82. The minimum atomic E-state index is 0.0272. The standard InChI is InChI=1S/C18H23N3O/c1-3-5-6-7-8-17-14(4-2)9-10-21(17)12-16-11-15(13-22-16)18(19)20/h4,6-11,13H,3,5,12H2,1-2H3,(H3,19,20)/b7-6-,14-4-,17-8+. The van der Waals surface area contributed by atoms with Crippen LogP contribution in [0.15, 0.2) is 41.2 Å². The van der Waals surface area contributed by atoms with Gasteiger partial charge in [0, 0.05) is 11.5 Å². The highest BCUT2D eigenvalue weighted by Gasteiger charge is 2.05. The van der Waals surface area contributed by atoms with Gasteiger partial charge in [-0.15, -0.1) is 0 Å². The van der Waals surface area contributed by atoms with E-state index in [9.17, 15) is 0 Å². The van der Waals surface area contributed by atoms with Gasteiger partial charge in [-0.1, -0.05) is 31.6 Å². The zero-order chi connectivity index (χ0) is 15.9. The minimum Gasteiger partial charge on any atom is -0.467 e. The molecule has 0 radical (unpaired) electrons. The molecule has 22 heavy (non-hydrogen) atoms. The summed E-state index contributed by atoms with van der Waals surface area (Å²) in [6, 6.07) is 3.91. The van der Waals surface area contributed by atoms with Crippen molar-refractivity contribution in [2.24, 2.45) is 5.73 Å². The Morgan fingerprint density at radius 2 is 2.27 bits per heavy atom. The molecule has 3 N–H and O–H groups in total. The van der Waals surface area contributed by atoms with Crippen molar-refractivity contribution in [1.82, 2.24) is 4.57 Å². The first-order valence-corrected chi connectivity index (χ1v) is 7.55. The van der Waals surface area contributed by atoms with E-state index in [-0.39, 0.29) is 5.84 Å². The average Bonchev–Trinajstić information content (AvgIpc) is 3.11. The van der Waals surface area contributed by atoms with E-state index in [1.807, 2.05) is 19.2 Å². The number of furan rings is 1. The van der Waals surface area contributed by atoms with Crippen molar-refractivity contribution >= 4 is 18.0 Å². The van der Waals surface area contributed by atoms with Crippen LogP contribution >= 0.6 is 0 Å². The van der Waals surface area contributed by atoms with E-state index >= 15 is 0 Å². The molecule has 2 aromatic rings. The summed E-state index contributed by atoms with van der Waals surface area (Å²) in [6.07, 6.45) is 14.3. The van der Waals surface area contributed by atoms with E-state index in [4.69, 9.17) is 15.6 Å². The van der Waals surface area contributed by atoms with Crippen LogP contribution in [-0.4, -0.2) is 10.4 Å². The van der Waals surface area contributed by atoms with Crippen molar-refractivity contribution in [2.75, 3.05) is 0 Å². The molecule has 116 valence electrons. The monoisotopic (exact) mass is 297 g/mol. The van der Waals surface area contributed by atoms with E-state index < -0.39 is 0 Å². The lowest BCUT2D eigenvalue weighted by atomic mass is 10.3. The largest absolute Gasteiger partial charge is 0.467 e. The Hall–Kier alpha value is -2.49. The lowest BCUT2D eigenvalue weighted by molar-refractivity contribution is 0.491. The molecule has 0 amide bonds. The van der Waals surface area contributed by atoms with E-state index in [0.717, 1.165) is 24.0 Å². The number of nitrogen functional groups attached to an aromatic ring is 1. The van der Waals surface area contributed by atoms with Crippen molar-refractivity contribution in [3.8, 4) is 0 Å². The van der Waals surface area contributed by atoms with Crippen molar-refractivity contribution < 1.29 is 4.42 Å². The van der Waals surface area contributed by atoms with Crippen LogP contribution in [-0.2, 0) is 6.54 Å². The van der Waals surface area contributed by atoms with Crippen LogP contribution < -0.4 is 16.3 Å². The van der Waals surface area contributed by atoms with Crippen LogP contribution in [0.3, 0.4) is 0 Å². The number of rotatable bonds is 6. The van der Waals surface area contributed by atoms with Gasteiger partial charge in [-0.3, -0.25) is 5.41 Å². The Morgan fingerprint density at radius 1 is 1.45 bits per heavy atom. The molecule has 0 aromatic carbocycles. The molecule has 0 fully saturated rings. The van der Waals surface area contributed by atoms with Crippen LogP contribution in [0.25, 0.3) is 12.2 Å². The second kappa shape index (κ2) is 7.50. The predicted molar refractivity (Wildman–Crippen MR) is 91.2 cm³/mol. The van der Waals surface area contributed by atoms with Crippen LogP contribution in [0.1, 0.15) is 38.0 Å². The highest BCUT2D eigenvalue weighted by Crippen LogP contribution is 2.08. The molecule has 0 aliphatic heterocycles. The summed E-state index contributed by atoms with van der Waals surface area (Å²) >= 11 is 0. The van der Waals surface area contributed by atoms with Gasteiger partial charge in [0.25, 0.3) is 0 Å². The first-order valence-electron chi connectivity index (χ1n) is 7.55. The van der Waals surface area contributed by atoms with Crippen molar-refractivity contribution in [1.29, 1.82) is 5.41 Å². The summed E-state index contributed by atoms with van der Waals surface area (Å²) in [5.41, 5.74) is 6.09. The van der Waals surface area contributed by atoms with Gasteiger partial charge in [0.15, 0.2) is 0 Å². The molecule has 0 bridgehead atoms. The maximum Gasteiger partial charge on any atom is 0.126 e. The summed E-state index contributed by atoms with van der Waals surface area (Å²) in [5.74, 6) is 0.815. The number of nitrogens with zero attached hydrogens (tertiary/aromatic N) is 1. The average molecular weight is 297 g/mol. The lowest BCUT2D eigenvalue weighted by Crippen LogP contribution is -2.28. The number of nitrogens with two attached hydrogens (primary N) is 1. The number of aromatic nitrogens is 1. The molecular formula is C18H23N3O. The minimum absolute atomic E-state index is 0.0272. The van der Waals surface area contributed by atoms with Crippen LogP contribution in [0, 0.1) is 5.41 Å². The molecule has 2 heterocycles. The Labute approximate surface area is 130 Å². The number of unbranched alkanes of at least 4 members (excludes halogenated alkanes) is 1. The quantitative estimate of drug-likeness (QED) is 0.635. The normalized spacial score (nSPS) is 13.4. The fraction of sp³-hybridized carbons (Fsp3) is 0.278. The van der Waals surface area contributed by atoms with E-state index in [1.54, 1.807) is 0 Å². The summed E-state index contributed by atoms with van der Waals surface area (Å²) in [7, 11) is 0. The molecule has 0 saturated heterocycles. The Bertz CT molecular complexity index is 778. The van der Waals surface area contributed by atoms with Gasteiger partial charge >= 0.3 is 0 Å². The molecule has 0 saturated carbocycles. The SMILES string of the molecule is C/C=c1/ccn(Cc2cc(C(=N)N)co2)/c1=C/C=C\CCC. The molecule has 0 aliphatic carbocycles. The fourth-order valence-corrected chi connectivity index (χ4v) is 2.27. The fourth-order valence-electron chi connectivity index (χ4n) is 2.27. The molecule has 4 heteroatoms. The maximum atomic E-state index is 7.43. The third-order valence-corrected chi connectivity index (χ3v) is 3.49. The number of hydrogen-bond acceptors (Lipinski definition) is 2. The van der Waals surface area contributed by atoms with Crippen LogP contribution in [0.4, 0.5) is 0 Å². The second-order valence-electron chi connectivity index (χ2n) is 5.17. The van der Waals surface area contributed by atoms with Crippen molar-refractivity contribution in [3.63, 3.8) is 0 Å². The van der Waals surface area contributed by atoms with Gasteiger partial charge in [-0.25, -0.2) is 0 Å². The first kappa shape index (κ1) is 15.9. The van der Waals surface area contributed by atoms with Gasteiger partial charge in [-0.2, -0.15) is 0 Å². The number of allylic oxidation sites excluding steroid dienone is 2. The molecular weight excluding hydrogens is 274 g/mol. The Balaban J connectivity index is 2.31. The number of nitrogens with one attached hydrogen (secondary N) is 1. The molecule has 0 spiro atoms. The van der Waals surface area contributed by atoms with Gasteiger partial charge in [0.05, 0.1) is 12.1 Å². The van der Waals surface area contributed by atoms with E-state index in [0.29, 0.717) is 12.1 Å². The van der Waals surface area contributed by atoms with Crippen LogP contribution in [0.5, 0.6) is 0 Å². The number of amidine groups is 1. The topological polar surface area (TPSA) is 67.9 Å². The van der Waals surface area contributed by atoms with Gasteiger partial charge < -0.3 is 14.7 Å². The third kappa shape index (κ3) is 3.79. The van der Waals surface area contributed by atoms with Crippen LogP contribution in [0.2, 0.25) is 0 Å². The zero-order valence-corrected chi connectivity index (χ0v) is 13.2. The summed E-state index contributed by atoms with van der Waals surface area (Å²) in [5, 5.41) is 9.77. The van der Waals surface area contributed by atoms with Gasteiger partial charge in [0.1, 0.15) is 17.9 Å². The molecule has 4 nitrogen and oxygen atoms in total. The summed E-state index contributed by atoms with van der Waals surface area (Å²) < 4.78 is 7.62. The Kier molecular flexibility index (Phi) is 5.42. The lowest BCUT2D eigenvalue weighted by Gasteiger charge is -2.00. The third-order valence-electron chi connectivity index (χ3n) is 3.49. The predicted octanol–water partition coefficient (Wildman–Crippen LogP) is 2.35.